The number of nitrogens with zero attached hydrogens (tertiary/aromatic N) is 3. The van der Waals surface area contributed by atoms with Crippen LogP contribution in [0.2, 0.25) is 5.15 Å². The lowest BCUT2D eigenvalue weighted by atomic mass is 10.0. The summed E-state index contributed by atoms with van der Waals surface area (Å²) in [6.07, 6.45) is 4.45. The van der Waals surface area contributed by atoms with Crippen molar-refractivity contribution in [3.05, 3.63) is 45.8 Å². The zero-order valence-electron chi connectivity index (χ0n) is 11.4. The van der Waals surface area contributed by atoms with Crippen LogP contribution >= 0.6 is 27.5 Å². The summed E-state index contributed by atoms with van der Waals surface area (Å²) in [4.78, 5) is 6.71. The molecule has 1 aliphatic heterocycles. The summed E-state index contributed by atoms with van der Waals surface area (Å²) in [6, 6.07) is 8.52. The van der Waals surface area contributed by atoms with Crippen molar-refractivity contribution in [3.63, 3.8) is 0 Å². The molecule has 3 rings (SSSR count). The summed E-state index contributed by atoms with van der Waals surface area (Å²) in [5.41, 5.74) is 1.31. The molecule has 2 aromatic heterocycles. The quantitative estimate of drug-likeness (QED) is 0.743. The van der Waals surface area contributed by atoms with E-state index in [2.05, 4.69) is 49.6 Å². The fraction of sp³-hybridized carbons (Fsp3) is 0.400. The van der Waals surface area contributed by atoms with Crippen LogP contribution in [0.15, 0.2) is 34.9 Å². The van der Waals surface area contributed by atoms with Crippen molar-refractivity contribution in [2.75, 3.05) is 18.0 Å². The Morgan fingerprint density at radius 1 is 1.25 bits per heavy atom. The summed E-state index contributed by atoms with van der Waals surface area (Å²) >= 11 is 9.55. The highest BCUT2D eigenvalue weighted by atomic mass is 79.9. The minimum Gasteiger partial charge on any atom is -0.356 e. The van der Waals surface area contributed by atoms with Gasteiger partial charge in [-0.1, -0.05) is 17.7 Å². The summed E-state index contributed by atoms with van der Waals surface area (Å²) < 4.78 is 3.57. The van der Waals surface area contributed by atoms with Crippen molar-refractivity contribution >= 4 is 33.3 Å². The topological polar surface area (TPSA) is 21.1 Å². The van der Waals surface area contributed by atoms with Crippen molar-refractivity contribution in [3.8, 4) is 0 Å². The summed E-state index contributed by atoms with van der Waals surface area (Å²) in [7, 11) is 0. The summed E-state index contributed by atoms with van der Waals surface area (Å²) in [6.45, 7) is 4.20. The zero-order valence-corrected chi connectivity index (χ0v) is 13.7. The maximum Gasteiger partial charge on any atom is 0.131 e. The first-order valence-corrected chi connectivity index (χ1v) is 8.02. The molecule has 106 valence electrons. The second-order valence-corrected chi connectivity index (χ2v) is 6.43. The smallest absolute Gasteiger partial charge is 0.131 e. The standard InChI is InChI=1S/C15H17BrClN3/c1-11-13(16)7-10-20(11)12-5-8-19(9-6-12)15-4-2-3-14(17)18-15/h2-4,7,10,12H,5-6,8-9H2,1H3. The van der Waals surface area contributed by atoms with Gasteiger partial charge in [-0.25, -0.2) is 4.98 Å². The van der Waals surface area contributed by atoms with Gasteiger partial charge in [0, 0.05) is 35.5 Å². The van der Waals surface area contributed by atoms with E-state index >= 15 is 0 Å². The molecule has 0 bridgehead atoms. The van der Waals surface area contributed by atoms with Gasteiger partial charge in [0.1, 0.15) is 11.0 Å². The average molecular weight is 355 g/mol. The molecule has 0 aromatic carbocycles. The number of piperidine rings is 1. The molecule has 0 atom stereocenters. The lowest BCUT2D eigenvalue weighted by Gasteiger charge is -2.34. The van der Waals surface area contributed by atoms with Crippen LogP contribution < -0.4 is 4.90 Å². The minimum atomic E-state index is 0.565. The van der Waals surface area contributed by atoms with Crippen LogP contribution in [0.5, 0.6) is 0 Å². The molecule has 2 aromatic rings. The maximum absolute atomic E-state index is 5.97. The second kappa shape index (κ2) is 5.78. The van der Waals surface area contributed by atoms with Gasteiger partial charge in [0.25, 0.3) is 0 Å². The lowest BCUT2D eigenvalue weighted by molar-refractivity contribution is 0.390. The van der Waals surface area contributed by atoms with E-state index in [0.29, 0.717) is 11.2 Å². The molecule has 3 nitrogen and oxygen atoms in total. The fourth-order valence-corrected chi connectivity index (χ4v) is 3.33. The molecule has 5 heteroatoms. The molecule has 0 radical (unpaired) electrons. The minimum absolute atomic E-state index is 0.565. The largest absolute Gasteiger partial charge is 0.356 e. The molecule has 1 saturated heterocycles. The molecule has 0 spiro atoms. The Bertz CT molecular complexity index is 603. The van der Waals surface area contributed by atoms with Gasteiger partial charge in [0.05, 0.1) is 0 Å². The van der Waals surface area contributed by atoms with Crippen LogP contribution in [0.4, 0.5) is 5.82 Å². The van der Waals surface area contributed by atoms with E-state index in [1.54, 1.807) is 0 Å². The highest BCUT2D eigenvalue weighted by molar-refractivity contribution is 9.10. The number of hydrogen-bond donors (Lipinski definition) is 0. The molecule has 1 fully saturated rings. The van der Waals surface area contributed by atoms with Crippen LogP contribution in [-0.2, 0) is 0 Å². The highest BCUT2D eigenvalue weighted by Crippen LogP contribution is 2.29. The zero-order chi connectivity index (χ0) is 14.1. The number of anilines is 1. The lowest BCUT2D eigenvalue weighted by Crippen LogP contribution is -2.35. The molecule has 0 saturated carbocycles. The predicted octanol–water partition coefficient (Wildman–Crippen LogP) is 4.45. The number of pyridine rings is 1. The third kappa shape index (κ3) is 2.72. The van der Waals surface area contributed by atoms with Crippen LogP contribution in [0, 0.1) is 6.92 Å². The van der Waals surface area contributed by atoms with E-state index in [1.807, 2.05) is 18.2 Å². The van der Waals surface area contributed by atoms with Gasteiger partial charge < -0.3 is 9.47 Å². The molecule has 1 aliphatic rings. The summed E-state index contributed by atoms with van der Waals surface area (Å²) in [5.74, 6) is 0.987. The van der Waals surface area contributed by atoms with E-state index in [4.69, 9.17) is 11.6 Å². The normalized spacial score (nSPS) is 16.6. The van der Waals surface area contributed by atoms with E-state index in [1.165, 1.54) is 10.2 Å². The molecular weight excluding hydrogens is 338 g/mol. The van der Waals surface area contributed by atoms with Gasteiger partial charge in [-0.05, 0) is 53.9 Å². The van der Waals surface area contributed by atoms with Gasteiger partial charge >= 0.3 is 0 Å². The number of rotatable bonds is 2. The van der Waals surface area contributed by atoms with Gasteiger partial charge in [-0.2, -0.15) is 0 Å². The molecule has 0 unspecified atom stereocenters. The van der Waals surface area contributed by atoms with Crippen molar-refractivity contribution in [2.45, 2.75) is 25.8 Å². The van der Waals surface area contributed by atoms with Gasteiger partial charge in [0.2, 0.25) is 0 Å². The van der Waals surface area contributed by atoms with E-state index in [-0.39, 0.29) is 0 Å². The number of halogens is 2. The van der Waals surface area contributed by atoms with Gasteiger partial charge in [-0.3, -0.25) is 0 Å². The first-order valence-electron chi connectivity index (χ1n) is 6.85. The third-order valence-corrected chi connectivity index (χ3v) is 5.05. The first kappa shape index (κ1) is 14.0. The van der Waals surface area contributed by atoms with E-state index < -0.39 is 0 Å². The monoisotopic (exact) mass is 353 g/mol. The molecule has 0 amide bonds. The van der Waals surface area contributed by atoms with Gasteiger partial charge in [0.15, 0.2) is 0 Å². The van der Waals surface area contributed by atoms with Crippen molar-refractivity contribution < 1.29 is 0 Å². The molecule has 3 heterocycles. The highest BCUT2D eigenvalue weighted by Gasteiger charge is 2.22. The van der Waals surface area contributed by atoms with Crippen LogP contribution in [-0.4, -0.2) is 22.6 Å². The van der Waals surface area contributed by atoms with E-state index in [0.717, 1.165) is 31.7 Å². The van der Waals surface area contributed by atoms with Gasteiger partial charge in [-0.15, -0.1) is 0 Å². The Morgan fingerprint density at radius 2 is 2.00 bits per heavy atom. The van der Waals surface area contributed by atoms with Crippen LogP contribution in [0.1, 0.15) is 24.6 Å². The Morgan fingerprint density at radius 3 is 2.60 bits per heavy atom. The average Bonchev–Trinajstić information content (AvgIpc) is 2.79. The number of hydrogen-bond acceptors (Lipinski definition) is 2. The maximum atomic E-state index is 5.97. The molecule has 0 aliphatic carbocycles. The summed E-state index contributed by atoms with van der Waals surface area (Å²) in [5, 5.41) is 0.565. The SMILES string of the molecule is Cc1c(Br)ccn1C1CCN(c2cccc(Cl)n2)CC1. The second-order valence-electron chi connectivity index (χ2n) is 5.19. The molecule has 20 heavy (non-hydrogen) atoms. The van der Waals surface area contributed by atoms with E-state index in [9.17, 15) is 0 Å². The fourth-order valence-electron chi connectivity index (χ4n) is 2.84. The Hall–Kier alpha value is -1.00. The van der Waals surface area contributed by atoms with Crippen LogP contribution in [0.3, 0.4) is 0 Å². The molecule has 0 N–H and O–H groups in total. The van der Waals surface area contributed by atoms with Crippen LogP contribution in [0.25, 0.3) is 0 Å². The Labute approximate surface area is 132 Å². The van der Waals surface area contributed by atoms with Crippen molar-refractivity contribution in [1.82, 2.24) is 9.55 Å². The number of aromatic nitrogens is 2. The Kier molecular flexibility index (Phi) is 4.03. The van der Waals surface area contributed by atoms with Crippen molar-refractivity contribution in [1.29, 1.82) is 0 Å². The molecular formula is C15H17BrClN3. The van der Waals surface area contributed by atoms with Crippen molar-refractivity contribution in [2.24, 2.45) is 0 Å². The Balaban J connectivity index is 1.69. The third-order valence-electron chi connectivity index (χ3n) is 4.00. The predicted molar refractivity (Wildman–Crippen MR) is 86.6 cm³/mol. The first-order chi connectivity index (χ1) is 9.65.